The SMILES string of the molecule is CN(C(c1ccc(F)cc1)C(F)(F)F)S(=O)c1ccn2ccnc2c1. The number of pyridine rings is 1. The largest absolute Gasteiger partial charge is 0.409 e. The summed E-state index contributed by atoms with van der Waals surface area (Å²) in [6, 6.07) is 4.77. The van der Waals surface area contributed by atoms with E-state index in [1.165, 1.54) is 18.3 Å². The third-order valence-electron chi connectivity index (χ3n) is 3.69. The summed E-state index contributed by atoms with van der Waals surface area (Å²) in [6.07, 6.45) is 0.0924. The lowest BCUT2D eigenvalue weighted by Crippen LogP contribution is -2.37. The van der Waals surface area contributed by atoms with Crippen molar-refractivity contribution in [3.8, 4) is 0 Å². The number of hydrogen-bond acceptors (Lipinski definition) is 2. The van der Waals surface area contributed by atoms with Crippen molar-refractivity contribution in [2.24, 2.45) is 0 Å². The van der Waals surface area contributed by atoms with Gasteiger partial charge in [0.05, 0.1) is 4.90 Å². The van der Waals surface area contributed by atoms with E-state index in [-0.39, 0.29) is 10.5 Å². The molecule has 2 atom stereocenters. The number of benzene rings is 1. The van der Waals surface area contributed by atoms with E-state index in [0.717, 1.165) is 31.3 Å². The van der Waals surface area contributed by atoms with Crippen molar-refractivity contribution in [1.82, 2.24) is 13.7 Å². The molecule has 9 heteroatoms. The van der Waals surface area contributed by atoms with Gasteiger partial charge in [0.25, 0.3) is 0 Å². The molecule has 0 aliphatic heterocycles. The van der Waals surface area contributed by atoms with Gasteiger partial charge in [0.2, 0.25) is 0 Å². The molecule has 0 bridgehead atoms. The van der Waals surface area contributed by atoms with Crippen molar-refractivity contribution in [3.05, 3.63) is 66.4 Å². The zero-order chi connectivity index (χ0) is 18.2. The number of imidazole rings is 1. The van der Waals surface area contributed by atoms with Crippen LogP contribution in [-0.2, 0) is 11.0 Å². The molecule has 2 unspecified atom stereocenters. The van der Waals surface area contributed by atoms with Crippen molar-refractivity contribution in [2.75, 3.05) is 7.05 Å². The minimum atomic E-state index is -4.68. The van der Waals surface area contributed by atoms with Crippen LogP contribution in [0.25, 0.3) is 5.65 Å². The van der Waals surface area contributed by atoms with Gasteiger partial charge in [-0.25, -0.2) is 17.9 Å². The average molecular weight is 371 g/mol. The van der Waals surface area contributed by atoms with E-state index in [0.29, 0.717) is 9.95 Å². The summed E-state index contributed by atoms with van der Waals surface area (Å²) in [7, 11) is -0.966. The Morgan fingerprint density at radius 3 is 2.48 bits per heavy atom. The van der Waals surface area contributed by atoms with Crippen LogP contribution in [-0.4, -0.2) is 31.1 Å². The highest BCUT2D eigenvalue weighted by molar-refractivity contribution is 7.82. The Morgan fingerprint density at radius 2 is 1.84 bits per heavy atom. The van der Waals surface area contributed by atoms with Crippen molar-refractivity contribution < 1.29 is 21.8 Å². The fourth-order valence-corrected chi connectivity index (χ4v) is 3.66. The number of halogens is 4. The van der Waals surface area contributed by atoms with E-state index >= 15 is 0 Å². The number of rotatable bonds is 4. The molecule has 3 rings (SSSR count). The Morgan fingerprint density at radius 1 is 1.16 bits per heavy atom. The topological polar surface area (TPSA) is 37.6 Å². The van der Waals surface area contributed by atoms with Crippen LogP contribution in [0.15, 0.2) is 59.9 Å². The first-order valence-electron chi connectivity index (χ1n) is 7.17. The van der Waals surface area contributed by atoms with E-state index in [2.05, 4.69) is 4.98 Å². The molecule has 132 valence electrons. The molecule has 2 aromatic heterocycles. The van der Waals surface area contributed by atoms with Gasteiger partial charge in [-0.15, -0.1) is 0 Å². The van der Waals surface area contributed by atoms with Gasteiger partial charge in [0.1, 0.15) is 28.5 Å². The lowest BCUT2D eigenvalue weighted by Gasteiger charge is -2.29. The van der Waals surface area contributed by atoms with Crippen LogP contribution >= 0.6 is 0 Å². The summed E-state index contributed by atoms with van der Waals surface area (Å²) in [5.41, 5.74) is 0.288. The van der Waals surface area contributed by atoms with Crippen LogP contribution in [0.4, 0.5) is 17.6 Å². The van der Waals surface area contributed by atoms with Gasteiger partial charge in [0.15, 0.2) is 0 Å². The zero-order valence-corrected chi connectivity index (χ0v) is 13.8. The lowest BCUT2D eigenvalue weighted by atomic mass is 10.1. The van der Waals surface area contributed by atoms with E-state index in [9.17, 15) is 21.8 Å². The molecule has 0 saturated heterocycles. The van der Waals surface area contributed by atoms with Gasteiger partial charge in [-0.1, -0.05) is 12.1 Å². The predicted octanol–water partition coefficient (Wildman–Crippen LogP) is 3.73. The predicted molar refractivity (Wildman–Crippen MR) is 84.6 cm³/mol. The second-order valence-electron chi connectivity index (χ2n) is 5.35. The molecule has 1 aromatic carbocycles. The van der Waals surface area contributed by atoms with Crippen LogP contribution in [0.3, 0.4) is 0 Å². The Labute approximate surface area is 143 Å². The quantitative estimate of drug-likeness (QED) is 0.656. The van der Waals surface area contributed by atoms with Gasteiger partial charge in [-0.2, -0.15) is 13.2 Å². The molecule has 0 N–H and O–H groups in total. The van der Waals surface area contributed by atoms with Crippen LogP contribution in [0.5, 0.6) is 0 Å². The molecule has 0 spiro atoms. The highest BCUT2D eigenvalue weighted by Gasteiger charge is 2.45. The molecule has 0 saturated carbocycles. The molecule has 0 fully saturated rings. The van der Waals surface area contributed by atoms with Gasteiger partial charge >= 0.3 is 6.18 Å². The van der Waals surface area contributed by atoms with Crippen LogP contribution < -0.4 is 0 Å². The van der Waals surface area contributed by atoms with Crippen LogP contribution in [0, 0.1) is 5.82 Å². The van der Waals surface area contributed by atoms with Gasteiger partial charge < -0.3 is 4.40 Å². The summed E-state index contributed by atoms with van der Waals surface area (Å²) in [5, 5.41) is 0. The van der Waals surface area contributed by atoms with E-state index in [1.807, 2.05) is 0 Å². The standard InChI is InChI=1S/C16H13F4N3OS/c1-22(15(16(18,19)20)11-2-4-12(17)5-3-11)25(24)13-6-8-23-9-7-21-14(23)10-13/h2-10,15H,1H3. The Bertz CT molecular complexity index is 908. The number of nitrogens with zero attached hydrogens (tertiary/aromatic N) is 3. The second kappa shape index (κ2) is 6.57. The molecular weight excluding hydrogens is 358 g/mol. The highest BCUT2D eigenvalue weighted by atomic mass is 32.2. The molecular formula is C16H13F4N3OS. The second-order valence-corrected chi connectivity index (χ2v) is 6.89. The smallest absolute Gasteiger partial charge is 0.307 e. The summed E-state index contributed by atoms with van der Waals surface area (Å²) in [6.45, 7) is 0. The highest BCUT2D eigenvalue weighted by Crippen LogP contribution is 2.38. The third-order valence-corrected chi connectivity index (χ3v) is 5.08. The molecule has 3 aromatic rings. The molecule has 0 amide bonds. The third kappa shape index (κ3) is 3.57. The number of fused-ring (bicyclic) bond motifs is 1. The number of hydrogen-bond donors (Lipinski definition) is 0. The first-order valence-corrected chi connectivity index (χ1v) is 8.27. The first kappa shape index (κ1) is 17.6. The zero-order valence-electron chi connectivity index (χ0n) is 12.9. The first-order chi connectivity index (χ1) is 11.8. The summed E-state index contributed by atoms with van der Waals surface area (Å²) in [5.74, 6) is -0.641. The van der Waals surface area contributed by atoms with Gasteiger partial charge in [-0.3, -0.25) is 0 Å². The maximum atomic E-state index is 13.5. The molecule has 0 aliphatic rings. The fourth-order valence-electron chi connectivity index (χ4n) is 2.51. The molecule has 25 heavy (non-hydrogen) atoms. The summed E-state index contributed by atoms with van der Waals surface area (Å²) >= 11 is 0. The van der Waals surface area contributed by atoms with Crippen molar-refractivity contribution in [3.63, 3.8) is 0 Å². The normalized spacial score (nSPS) is 14.8. The van der Waals surface area contributed by atoms with Crippen molar-refractivity contribution in [1.29, 1.82) is 0 Å². The Balaban J connectivity index is 1.97. The maximum Gasteiger partial charge on any atom is 0.409 e. The molecule has 2 heterocycles. The summed E-state index contributed by atoms with van der Waals surface area (Å²) < 4.78 is 68.7. The molecule has 0 radical (unpaired) electrons. The number of aromatic nitrogens is 2. The van der Waals surface area contributed by atoms with Crippen molar-refractivity contribution in [2.45, 2.75) is 17.1 Å². The number of alkyl halides is 3. The fraction of sp³-hybridized carbons (Fsp3) is 0.188. The van der Waals surface area contributed by atoms with Gasteiger partial charge in [-0.05, 0) is 29.8 Å². The monoisotopic (exact) mass is 371 g/mol. The maximum absolute atomic E-state index is 13.5. The van der Waals surface area contributed by atoms with Crippen LogP contribution in [0.1, 0.15) is 11.6 Å². The van der Waals surface area contributed by atoms with E-state index < -0.39 is 29.0 Å². The Kier molecular flexibility index (Phi) is 4.61. The molecule has 4 nitrogen and oxygen atoms in total. The minimum absolute atomic E-state index is 0.188. The van der Waals surface area contributed by atoms with E-state index in [1.54, 1.807) is 16.8 Å². The minimum Gasteiger partial charge on any atom is -0.307 e. The summed E-state index contributed by atoms with van der Waals surface area (Å²) in [4.78, 5) is 4.22. The van der Waals surface area contributed by atoms with Crippen molar-refractivity contribution >= 4 is 16.6 Å². The average Bonchev–Trinajstić information content (AvgIpc) is 3.02. The van der Waals surface area contributed by atoms with Crippen LogP contribution in [0.2, 0.25) is 0 Å². The molecule has 0 aliphatic carbocycles. The Hall–Kier alpha value is -2.26. The van der Waals surface area contributed by atoms with Gasteiger partial charge in [0, 0.05) is 25.6 Å². The lowest BCUT2D eigenvalue weighted by molar-refractivity contribution is -0.170. The van der Waals surface area contributed by atoms with E-state index in [4.69, 9.17) is 0 Å².